The van der Waals surface area contributed by atoms with E-state index >= 15 is 0 Å². The lowest BCUT2D eigenvalue weighted by molar-refractivity contribution is -0.136. The summed E-state index contributed by atoms with van der Waals surface area (Å²) in [5.74, 6) is -0.283. The Bertz CT molecular complexity index is 985. The van der Waals surface area contributed by atoms with Crippen LogP contribution in [0.15, 0.2) is 62.9 Å². The van der Waals surface area contributed by atoms with Crippen LogP contribution in [-0.2, 0) is 20.9 Å². The van der Waals surface area contributed by atoms with E-state index in [2.05, 4.69) is 15.9 Å². The zero-order valence-corrected chi connectivity index (χ0v) is 17.1. The van der Waals surface area contributed by atoms with Crippen LogP contribution in [0.2, 0.25) is 0 Å². The van der Waals surface area contributed by atoms with Gasteiger partial charge >= 0.3 is 0 Å². The molecule has 1 aromatic carbocycles. The minimum atomic E-state index is -1.01. The third-order valence-corrected chi connectivity index (χ3v) is 6.50. The van der Waals surface area contributed by atoms with Crippen molar-refractivity contribution >= 4 is 27.6 Å². The van der Waals surface area contributed by atoms with Crippen LogP contribution in [-0.4, -0.2) is 28.9 Å². The third kappa shape index (κ3) is 3.12. The molecule has 5 rings (SSSR count). The van der Waals surface area contributed by atoms with Gasteiger partial charge in [-0.1, -0.05) is 28.1 Å². The number of ketones is 1. The zero-order chi connectivity index (χ0) is 20.1. The summed E-state index contributed by atoms with van der Waals surface area (Å²) in [6, 6.07) is 10.5. The Morgan fingerprint density at radius 2 is 1.93 bits per heavy atom. The van der Waals surface area contributed by atoms with Crippen LogP contribution in [0.3, 0.4) is 0 Å². The molecule has 2 aromatic rings. The summed E-state index contributed by atoms with van der Waals surface area (Å²) in [7, 11) is 0. The molecule has 0 spiro atoms. The normalized spacial score (nSPS) is 29.0. The molecule has 7 heteroatoms. The molecule has 0 radical (unpaired) electrons. The molecule has 0 saturated heterocycles. The summed E-state index contributed by atoms with van der Waals surface area (Å²) in [5.41, 5.74) is 1.15. The molecule has 2 aliphatic heterocycles. The molecule has 150 valence electrons. The Kier molecular flexibility index (Phi) is 4.57. The van der Waals surface area contributed by atoms with E-state index in [1.807, 2.05) is 24.3 Å². The number of alkyl halides is 1. The highest BCUT2D eigenvalue weighted by atomic mass is 79.9. The van der Waals surface area contributed by atoms with Crippen LogP contribution in [0.5, 0.6) is 0 Å². The molecule has 1 aromatic heterocycles. The number of halogens is 2. The number of carbonyl (C=O) groups excluding carboxylic acids is 2. The number of fused-ring (bicyclic) bond motifs is 1. The Labute approximate surface area is 175 Å². The molecule has 5 nitrogen and oxygen atoms in total. The van der Waals surface area contributed by atoms with Crippen molar-refractivity contribution in [2.75, 3.05) is 0 Å². The monoisotopic (exact) mass is 459 g/mol. The van der Waals surface area contributed by atoms with Gasteiger partial charge in [-0.15, -0.1) is 0 Å². The van der Waals surface area contributed by atoms with E-state index in [1.165, 1.54) is 0 Å². The maximum Gasteiger partial charge on any atom is 0.290 e. The van der Waals surface area contributed by atoms with Gasteiger partial charge in [0.25, 0.3) is 5.91 Å². The van der Waals surface area contributed by atoms with Gasteiger partial charge in [0, 0.05) is 4.47 Å². The molecular formula is C22H19BrFNO4. The number of rotatable bonds is 3. The average Bonchev–Trinajstić information content (AvgIpc) is 3.32. The number of ether oxygens (including phenoxy) is 1. The summed E-state index contributed by atoms with van der Waals surface area (Å²) in [6.45, 7) is 0.220. The number of hydrogen-bond acceptors (Lipinski definition) is 4. The Morgan fingerprint density at radius 1 is 1.14 bits per heavy atom. The van der Waals surface area contributed by atoms with Crippen molar-refractivity contribution < 1.29 is 23.1 Å². The van der Waals surface area contributed by atoms with Gasteiger partial charge in [-0.2, -0.15) is 0 Å². The van der Waals surface area contributed by atoms with Crippen molar-refractivity contribution in [1.29, 1.82) is 0 Å². The van der Waals surface area contributed by atoms with E-state index in [1.54, 1.807) is 23.3 Å². The lowest BCUT2D eigenvalue weighted by Gasteiger charge is -2.36. The molecule has 1 saturated carbocycles. The Hall–Kier alpha value is -2.41. The molecule has 29 heavy (non-hydrogen) atoms. The Morgan fingerprint density at radius 3 is 2.66 bits per heavy atom. The molecular weight excluding hydrogens is 441 g/mol. The van der Waals surface area contributed by atoms with E-state index in [9.17, 15) is 14.0 Å². The quantitative estimate of drug-likeness (QED) is 0.678. The highest BCUT2D eigenvalue weighted by molar-refractivity contribution is 9.10. The summed E-state index contributed by atoms with van der Waals surface area (Å²) in [6.07, 6.45) is 1.08. The first kappa shape index (κ1) is 18.6. The number of nitrogens with zero attached hydrogens (tertiary/aromatic N) is 1. The van der Waals surface area contributed by atoms with Gasteiger partial charge in [-0.05, 0) is 49.1 Å². The number of furan rings is 1. The molecule has 1 amide bonds. The fourth-order valence-corrected chi connectivity index (χ4v) is 4.85. The molecule has 3 aliphatic rings. The van der Waals surface area contributed by atoms with Crippen molar-refractivity contribution in [3.63, 3.8) is 0 Å². The largest absolute Gasteiger partial charge is 0.483 e. The van der Waals surface area contributed by atoms with E-state index in [0.29, 0.717) is 24.2 Å². The number of benzene rings is 1. The summed E-state index contributed by atoms with van der Waals surface area (Å²) in [5, 5.41) is 0. The van der Waals surface area contributed by atoms with Gasteiger partial charge in [-0.25, -0.2) is 4.39 Å². The van der Waals surface area contributed by atoms with Crippen molar-refractivity contribution in [3.05, 3.63) is 69.8 Å². The lowest BCUT2D eigenvalue weighted by Crippen LogP contribution is -2.42. The van der Waals surface area contributed by atoms with E-state index < -0.39 is 24.2 Å². The van der Waals surface area contributed by atoms with Gasteiger partial charge in [0.1, 0.15) is 18.0 Å². The van der Waals surface area contributed by atoms with Crippen LogP contribution < -0.4 is 0 Å². The van der Waals surface area contributed by atoms with Crippen LogP contribution in [0.1, 0.15) is 36.6 Å². The van der Waals surface area contributed by atoms with Gasteiger partial charge in [0.15, 0.2) is 11.5 Å². The number of amides is 1. The van der Waals surface area contributed by atoms with Crippen molar-refractivity contribution in [2.45, 2.75) is 44.1 Å². The van der Waals surface area contributed by atoms with E-state index in [4.69, 9.17) is 9.15 Å². The Balaban J connectivity index is 1.58. The predicted molar refractivity (Wildman–Crippen MR) is 105 cm³/mol. The van der Waals surface area contributed by atoms with Crippen molar-refractivity contribution in [1.82, 2.24) is 4.90 Å². The molecule has 0 bridgehead atoms. The van der Waals surface area contributed by atoms with Crippen LogP contribution in [0.4, 0.5) is 4.39 Å². The molecule has 1 aliphatic carbocycles. The first-order valence-electron chi connectivity index (χ1n) is 9.71. The highest BCUT2D eigenvalue weighted by Gasteiger charge is 2.53. The van der Waals surface area contributed by atoms with E-state index in [0.717, 1.165) is 10.0 Å². The third-order valence-electron chi connectivity index (χ3n) is 5.97. The average molecular weight is 460 g/mol. The summed E-state index contributed by atoms with van der Waals surface area (Å²) >= 11 is 3.42. The lowest BCUT2D eigenvalue weighted by atomic mass is 9.77. The molecule has 4 unspecified atom stereocenters. The van der Waals surface area contributed by atoms with Gasteiger partial charge in [0.2, 0.25) is 0 Å². The van der Waals surface area contributed by atoms with Crippen LogP contribution >= 0.6 is 15.9 Å². The standard InChI is InChI=1S/C22H19BrFNO4/c23-13-5-3-12(4-6-13)19-18-20(26)16-10-14(24)7-8-17(16)29-21(18)22(27)25(19)11-15-2-1-9-28-15/h1-6,9,14,16-17,19H,7-8,10-11H2. The number of Topliss-reactive ketones (excluding diaryl/α,β-unsaturated/α-hetero) is 1. The summed E-state index contributed by atoms with van der Waals surface area (Å²) < 4.78 is 26.4. The molecule has 1 fully saturated rings. The van der Waals surface area contributed by atoms with Gasteiger partial charge in [-0.3, -0.25) is 9.59 Å². The minimum Gasteiger partial charge on any atom is -0.483 e. The maximum absolute atomic E-state index is 14.0. The minimum absolute atomic E-state index is 0.119. The fourth-order valence-electron chi connectivity index (χ4n) is 4.59. The first-order valence-corrected chi connectivity index (χ1v) is 10.5. The number of hydrogen-bond donors (Lipinski definition) is 0. The molecule has 3 heterocycles. The SMILES string of the molecule is O=C1C2=C(OC3CCC(F)CC13)C(=O)N(Cc1ccco1)C2c1ccc(Br)cc1. The van der Waals surface area contributed by atoms with Crippen LogP contribution in [0, 0.1) is 5.92 Å². The second kappa shape index (κ2) is 7.13. The predicted octanol–water partition coefficient (Wildman–Crippen LogP) is 4.49. The maximum atomic E-state index is 14.0. The van der Waals surface area contributed by atoms with Gasteiger partial charge in [0.05, 0.1) is 30.3 Å². The number of carbonyl (C=O) groups is 2. The fraction of sp³-hybridized carbons (Fsp3) is 0.364. The topological polar surface area (TPSA) is 59.8 Å². The summed E-state index contributed by atoms with van der Waals surface area (Å²) in [4.78, 5) is 28.3. The second-order valence-corrected chi connectivity index (χ2v) is 8.66. The smallest absolute Gasteiger partial charge is 0.290 e. The van der Waals surface area contributed by atoms with Crippen LogP contribution in [0.25, 0.3) is 0 Å². The first-order chi connectivity index (χ1) is 14.0. The van der Waals surface area contributed by atoms with Crippen molar-refractivity contribution in [2.24, 2.45) is 5.92 Å². The zero-order valence-electron chi connectivity index (χ0n) is 15.5. The van der Waals surface area contributed by atoms with Gasteiger partial charge < -0.3 is 14.1 Å². The molecule has 4 atom stereocenters. The second-order valence-electron chi connectivity index (χ2n) is 7.75. The molecule has 0 N–H and O–H groups in total. The highest BCUT2D eigenvalue weighted by Crippen LogP contribution is 2.47. The van der Waals surface area contributed by atoms with Crippen molar-refractivity contribution in [3.8, 4) is 0 Å². The van der Waals surface area contributed by atoms with E-state index in [-0.39, 0.29) is 30.4 Å².